The van der Waals surface area contributed by atoms with Gasteiger partial charge >= 0.3 is 0 Å². The van der Waals surface area contributed by atoms with Crippen molar-refractivity contribution in [1.29, 1.82) is 0 Å². The molecule has 0 spiro atoms. The smallest absolute Gasteiger partial charge is 0.271 e. The van der Waals surface area contributed by atoms with E-state index in [1.165, 1.54) is 31.6 Å². The molecule has 0 radical (unpaired) electrons. The molecule has 2 saturated heterocycles. The van der Waals surface area contributed by atoms with E-state index in [0.29, 0.717) is 36.1 Å². The fourth-order valence-electron chi connectivity index (χ4n) is 5.83. The summed E-state index contributed by atoms with van der Waals surface area (Å²) >= 11 is 0. The SMILES string of the molecule is CN1CCN(C2CCN(c3ccc(Nc4nc(N[C@H]5C[C@H](O)C5)c(-c5cc[nH]n5)nc4C(N)=O)cc3)CC2)CC1. The second-order valence-corrected chi connectivity index (χ2v) is 11.1. The zero-order chi connectivity index (χ0) is 27.6. The summed E-state index contributed by atoms with van der Waals surface area (Å²) in [4.78, 5) is 29.2. The molecule has 3 aromatic rings. The van der Waals surface area contributed by atoms with Crippen molar-refractivity contribution in [3.8, 4) is 11.4 Å². The van der Waals surface area contributed by atoms with Crippen molar-refractivity contribution < 1.29 is 9.90 Å². The number of aliphatic hydroxyl groups excluding tert-OH is 1. The number of carbonyl (C=O) groups excluding carboxylic acids is 1. The molecule has 0 atom stereocenters. The monoisotopic (exact) mass is 546 g/mol. The third-order valence-corrected chi connectivity index (χ3v) is 8.34. The van der Waals surface area contributed by atoms with Crippen LogP contribution in [0.25, 0.3) is 11.4 Å². The summed E-state index contributed by atoms with van der Waals surface area (Å²) in [5.41, 5.74) is 8.69. The van der Waals surface area contributed by atoms with Crippen LogP contribution in [0.3, 0.4) is 0 Å². The maximum absolute atomic E-state index is 12.4. The van der Waals surface area contributed by atoms with Gasteiger partial charge in [-0.25, -0.2) is 9.97 Å². The van der Waals surface area contributed by atoms with Crippen LogP contribution in [0.2, 0.25) is 0 Å². The predicted octanol–water partition coefficient (Wildman–Crippen LogP) is 1.86. The summed E-state index contributed by atoms with van der Waals surface area (Å²) in [5.74, 6) is 0.0727. The van der Waals surface area contributed by atoms with Gasteiger partial charge in [0.25, 0.3) is 5.91 Å². The Labute approximate surface area is 234 Å². The van der Waals surface area contributed by atoms with E-state index in [9.17, 15) is 9.90 Å². The Hall–Kier alpha value is -3.74. The number of aromatic nitrogens is 4. The largest absolute Gasteiger partial charge is 0.393 e. The zero-order valence-electron chi connectivity index (χ0n) is 22.9. The normalized spacial score (nSPS) is 22.6. The molecule has 6 N–H and O–H groups in total. The number of anilines is 4. The molecular formula is C28H38N10O2. The molecule has 12 nitrogen and oxygen atoms in total. The van der Waals surface area contributed by atoms with Crippen LogP contribution in [0.5, 0.6) is 0 Å². The lowest BCUT2D eigenvalue weighted by atomic mass is 9.89. The Balaban J connectivity index is 1.16. The number of H-pyrrole nitrogens is 1. The molecule has 12 heteroatoms. The first kappa shape index (κ1) is 26.5. The number of nitrogens with zero attached hydrogens (tertiary/aromatic N) is 6. The van der Waals surface area contributed by atoms with Gasteiger partial charge in [0.1, 0.15) is 11.4 Å². The van der Waals surface area contributed by atoms with Crippen molar-refractivity contribution in [2.24, 2.45) is 5.73 Å². The predicted molar refractivity (Wildman–Crippen MR) is 155 cm³/mol. The van der Waals surface area contributed by atoms with Gasteiger partial charge in [0.05, 0.1) is 6.10 Å². The van der Waals surface area contributed by atoms with E-state index < -0.39 is 5.91 Å². The third kappa shape index (κ3) is 5.74. The number of rotatable bonds is 8. The Kier molecular flexibility index (Phi) is 7.55. The molecule has 40 heavy (non-hydrogen) atoms. The van der Waals surface area contributed by atoms with E-state index in [2.05, 4.69) is 59.7 Å². The molecule has 0 bridgehead atoms. The highest BCUT2D eigenvalue weighted by molar-refractivity contribution is 5.97. The van der Waals surface area contributed by atoms with Gasteiger partial charge in [-0.05, 0) is 63.1 Å². The van der Waals surface area contributed by atoms with Crippen LogP contribution in [0.4, 0.5) is 23.0 Å². The number of hydrogen-bond donors (Lipinski definition) is 5. The maximum Gasteiger partial charge on any atom is 0.271 e. The van der Waals surface area contributed by atoms with Crippen LogP contribution >= 0.6 is 0 Å². The Morgan fingerprint density at radius 1 is 1.00 bits per heavy atom. The fraction of sp³-hybridized carbons (Fsp3) is 0.500. The van der Waals surface area contributed by atoms with E-state index in [1.807, 2.05) is 12.1 Å². The molecule has 3 aliphatic rings. The standard InChI is InChI=1S/C28H38N10O2/c1-36-12-14-38(15-13-36)21-7-10-37(11-8-21)20-4-2-18(3-5-20)31-28-25(26(29)40)33-24(23-6-9-30-35-23)27(34-28)32-19-16-22(39)17-19/h2-6,9,19,21-22,39H,7-8,10-17H2,1H3,(H2,29,40)(H,30,35)(H2,31,32,34)/t19-,22-. The molecule has 2 aromatic heterocycles. The van der Waals surface area contributed by atoms with Crippen LogP contribution < -0.4 is 21.3 Å². The minimum Gasteiger partial charge on any atom is -0.393 e. The minimum absolute atomic E-state index is 0.0345. The van der Waals surface area contributed by atoms with E-state index in [-0.39, 0.29) is 23.7 Å². The lowest BCUT2D eigenvalue weighted by Crippen LogP contribution is -2.52. The van der Waals surface area contributed by atoms with Crippen molar-refractivity contribution in [1.82, 2.24) is 30.0 Å². The van der Waals surface area contributed by atoms with Crippen LogP contribution in [-0.4, -0.2) is 105 Å². The first-order valence-corrected chi connectivity index (χ1v) is 14.1. The summed E-state index contributed by atoms with van der Waals surface area (Å²) in [6, 6.07) is 10.7. The molecular weight excluding hydrogens is 508 g/mol. The van der Waals surface area contributed by atoms with Crippen LogP contribution in [0, 0.1) is 0 Å². The number of piperidine rings is 1. The van der Waals surface area contributed by atoms with Gasteiger partial charge in [0, 0.05) is 68.9 Å². The number of benzene rings is 1. The number of aromatic amines is 1. The number of nitrogens with one attached hydrogen (secondary N) is 3. The number of amides is 1. The molecule has 212 valence electrons. The number of likely N-dealkylation sites (N-methyl/N-ethyl adjacent to an activating group) is 1. The molecule has 1 amide bonds. The molecule has 0 unspecified atom stereocenters. The van der Waals surface area contributed by atoms with Gasteiger partial charge < -0.3 is 31.3 Å². The molecule has 6 rings (SSSR count). The summed E-state index contributed by atoms with van der Waals surface area (Å²) in [7, 11) is 2.20. The second kappa shape index (κ2) is 11.4. The highest BCUT2D eigenvalue weighted by Gasteiger charge is 2.30. The van der Waals surface area contributed by atoms with Crippen molar-refractivity contribution in [3.05, 3.63) is 42.2 Å². The van der Waals surface area contributed by atoms with Crippen molar-refractivity contribution in [2.75, 3.05) is 61.8 Å². The first-order chi connectivity index (χ1) is 19.4. The Morgan fingerprint density at radius 2 is 1.73 bits per heavy atom. The average molecular weight is 547 g/mol. The third-order valence-electron chi connectivity index (χ3n) is 8.34. The maximum atomic E-state index is 12.4. The van der Waals surface area contributed by atoms with Gasteiger partial charge in [0.2, 0.25) is 0 Å². The number of nitrogens with two attached hydrogens (primary N) is 1. The molecule has 4 heterocycles. The topological polar surface area (TPSA) is 152 Å². The number of carbonyl (C=O) groups is 1. The Bertz CT molecular complexity index is 1290. The van der Waals surface area contributed by atoms with E-state index in [4.69, 9.17) is 10.7 Å². The highest BCUT2D eigenvalue weighted by Crippen LogP contribution is 2.32. The summed E-state index contributed by atoms with van der Waals surface area (Å²) < 4.78 is 0. The second-order valence-electron chi connectivity index (χ2n) is 11.1. The van der Waals surface area contributed by atoms with Crippen molar-refractivity contribution in [3.63, 3.8) is 0 Å². The summed E-state index contributed by atoms with van der Waals surface area (Å²) in [5, 5.41) is 23.3. The zero-order valence-corrected chi connectivity index (χ0v) is 22.9. The van der Waals surface area contributed by atoms with Gasteiger partial charge in [-0.1, -0.05) is 0 Å². The number of piperazine rings is 1. The lowest BCUT2D eigenvalue weighted by Gasteiger charge is -2.42. The van der Waals surface area contributed by atoms with Crippen molar-refractivity contribution >= 4 is 28.9 Å². The quantitative estimate of drug-likeness (QED) is 0.283. The molecule has 1 aliphatic carbocycles. The van der Waals surface area contributed by atoms with Gasteiger partial charge in [-0.2, -0.15) is 5.10 Å². The van der Waals surface area contributed by atoms with E-state index >= 15 is 0 Å². The van der Waals surface area contributed by atoms with Crippen LogP contribution in [0.1, 0.15) is 36.2 Å². The fourth-order valence-corrected chi connectivity index (χ4v) is 5.83. The average Bonchev–Trinajstić information content (AvgIpc) is 3.48. The molecule has 3 fully saturated rings. The van der Waals surface area contributed by atoms with Crippen LogP contribution in [0.15, 0.2) is 36.5 Å². The highest BCUT2D eigenvalue weighted by atomic mass is 16.3. The summed E-state index contributed by atoms with van der Waals surface area (Å²) in [6.07, 6.45) is 4.96. The van der Waals surface area contributed by atoms with E-state index in [1.54, 1.807) is 12.3 Å². The molecule has 2 aliphatic heterocycles. The number of primary amides is 1. The molecule has 1 saturated carbocycles. The molecule has 1 aromatic carbocycles. The summed E-state index contributed by atoms with van der Waals surface area (Å²) in [6.45, 7) is 6.73. The Morgan fingerprint density at radius 3 is 2.35 bits per heavy atom. The number of aliphatic hydroxyl groups is 1. The van der Waals surface area contributed by atoms with Gasteiger partial charge in [-0.3, -0.25) is 14.8 Å². The minimum atomic E-state index is -0.683. The van der Waals surface area contributed by atoms with Crippen molar-refractivity contribution in [2.45, 2.75) is 43.9 Å². The van der Waals surface area contributed by atoms with E-state index in [0.717, 1.165) is 31.9 Å². The number of hydrogen-bond acceptors (Lipinski definition) is 10. The van der Waals surface area contributed by atoms with Crippen LogP contribution in [-0.2, 0) is 0 Å². The first-order valence-electron chi connectivity index (χ1n) is 14.1. The lowest BCUT2D eigenvalue weighted by molar-refractivity contribution is 0.0835. The van der Waals surface area contributed by atoms with Gasteiger partial charge in [0.15, 0.2) is 17.3 Å². The van der Waals surface area contributed by atoms with Gasteiger partial charge in [-0.15, -0.1) is 0 Å².